The fraction of sp³-hybridized carbons (Fsp3) is 1.00. The van der Waals surface area contributed by atoms with Gasteiger partial charge in [-0.2, -0.15) is 0 Å². The molecule has 0 aromatic heterocycles. The average molecular weight is 247 g/mol. The highest BCUT2D eigenvalue weighted by molar-refractivity contribution is 5.06. The summed E-state index contributed by atoms with van der Waals surface area (Å²) in [5.74, 6) is 5.43. The van der Waals surface area contributed by atoms with Crippen LogP contribution in [0.3, 0.4) is 0 Å². The first kappa shape index (κ1) is 11.8. The molecule has 0 amide bonds. The Morgan fingerprint density at radius 1 is 0.833 bits per heavy atom. The van der Waals surface area contributed by atoms with E-state index in [0.29, 0.717) is 0 Å². The van der Waals surface area contributed by atoms with E-state index in [1.165, 1.54) is 38.5 Å². The van der Waals surface area contributed by atoms with Gasteiger partial charge in [0.05, 0.1) is 0 Å². The second-order valence-electron chi connectivity index (χ2n) is 7.76. The molecule has 0 aromatic carbocycles. The number of hydrogen-bond acceptors (Lipinski definition) is 1. The lowest BCUT2D eigenvalue weighted by molar-refractivity contribution is 0.188. The van der Waals surface area contributed by atoms with Crippen molar-refractivity contribution in [3.8, 4) is 0 Å². The summed E-state index contributed by atoms with van der Waals surface area (Å²) in [6.07, 6.45) is 13.7. The molecule has 18 heavy (non-hydrogen) atoms. The third kappa shape index (κ3) is 1.77. The topological polar surface area (TPSA) is 12.0 Å². The van der Waals surface area contributed by atoms with E-state index in [-0.39, 0.29) is 0 Å². The second-order valence-corrected chi connectivity index (χ2v) is 7.76. The first-order valence-electron chi connectivity index (χ1n) is 8.59. The van der Waals surface area contributed by atoms with Gasteiger partial charge in [0.25, 0.3) is 0 Å². The Hall–Kier alpha value is -0.0400. The summed E-state index contributed by atoms with van der Waals surface area (Å²) in [5.41, 5.74) is 0. The van der Waals surface area contributed by atoms with Gasteiger partial charge in [-0.15, -0.1) is 0 Å². The van der Waals surface area contributed by atoms with Gasteiger partial charge in [-0.05, 0) is 75.0 Å². The molecule has 1 heteroatoms. The number of fused-ring (bicyclic) bond motifs is 5. The molecule has 102 valence electrons. The number of hydrogen-bond donors (Lipinski definition) is 1. The van der Waals surface area contributed by atoms with Crippen molar-refractivity contribution in [3.63, 3.8) is 0 Å². The van der Waals surface area contributed by atoms with Crippen LogP contribution in [0, 0.1) is 29.6 Å². The minimum atomic E-state index is 0.789. The second kappa shape index (κ2) is 4.51. The smallest absolute Gasteiger partial charge is 0.0103 e. The maximum atomic E-state index is 4.06. The van der Waals surface area contributed by atoms with Crippen LogP contribution in [-0.2, 0) is 0 Å². The van der Waals surface area contributed by atoms with Gasteiger partial charge < -0.3 is 5.32 Å². The molecule has 0 radical (unpaired) electrons. The number of rotatable bonds is 3. The van der Waals surface area contributed by atoms with Crippen molar-refractivity contribution < 1.29 is 0 Å². The SMILES string of the molecule is C[C@@H](NC1CC2CC1C1CCCC21)C1CCCC1. The molecule has 0 spiro atoms. The standard InChI is InChI=1S/C17H29N/c1-11(12-5-2-3-6-12)18-17-10-13-9-16(17)15-8-4-7-14(13)15/h11-18H,2-10H2,1H3/t11-,13?,14?,15?,16?,17?/m1/s1. The maximum absolute atomic E-state index is 4.06. The summed E-state index contributed by atoms with van der Waals surface area (Å²) in [6.45, 7) is 2.47. The van der Waals surface area contributed by atoms with E-state index >= 15 is 0 Å². The monoisotopic (exact) mass is 247 g/mol. The Bertz CT molecular complexity index is 307. The van der Waals surface area contributed by atoms with Crippen LogP contribution in [0.15, 0.2) is 0 Å². The third-order valence-corrected chi connectivity index (χ3v) is 7.01. The van der Waals surface area contributed by atoms with Crippen LogP contribution in [0.1, 0.15) is 64.7 Å². The molecule has 0 saturated heterocycles. The van der Waals surface area contributed by atoms with Crippen LogP contribution in [0.25, 0.3) is 0 Å². The van der Waals surface area contributed by atoms with E-state index in [1.54, 1.807) is 19.3 Å². The van der Waals surface area contributed by atoms with E-state index in [1.807, 2.05) is 0 Å². The Morgan fingerprint density at radius 3 is 2.44 bits per heavy atom. The highest BCUT2D eigenvalue weighted by atomic mass is 15.0. The van der Waals surface area contributed by atoms with Gasteiger partial charge in [0.2, 0.25) is 0 Å². The van der Waals surface area contributed by atoms with Crippen LogP contribution >= 0.6 is 0 Å². The molecule has 4 rings (SSSR count). The zero-order valence-corrected chi connectivity index (χ0v) is 11.9. The van der Waals surface area contributed by atoms with Crippen molar-refractivity contribution in [2.24, 2.45) is 29.6 Å². The van der Waals surface area contributed by atoms with Crippen molar-refractivity contribution in [3.05, 3.63) is 0 Å². The fourth-order valence-corrected chi connectivity index (χ4v) is 6.19. The van der Waals surface area contributed by atoms with Crippen molar-refractivity contribution in [2.45, 2.75) is 76.8 Å². The van der Waals surface area contributed by atoms with E-state index < -0.39 is 0 Å². The van der Waals surface area contributed by atoms with Crippen LogP contribution < -0.4 is 5.32 Å². The largest absolute Gasteiger partial charge is 0.311 e. The van der Waals surface area contributed by atoms with Gasteiger partial charge in [-0.1, -0.05) is 19.3 Å². The molecule has 0 aromatic rings. The van der Waals surface area contributed by atoms with Gasteiger partial charge in [0.1, 0.15) is 0 Å². The lowest BCUT2D eigenvalue weighted by atomic mass is 9.78. The predicted molar refractivity (Wildman–Crippen MR) is 75.4 cm³/mol. The van der Waals surface area contributed by atoms with Crippen molar-refractivity contribution in [1.29, 1.82) is 0 Å². The molecular weight excluding hydrogens is 218 g/mol. The lowest BCUT2D eigenvalue weighted by Crippen LogP contribution is -2.45. The van der Waals surface area contributed by atoms with Gasteiger partial charge >= 0.3 is 0 Å². The molecule has 0 heterocycles. The summed E-state index contributed by atoms with van der Waals surface area (Å²) in [7, 11) is 0. The number of nitrogens with one attached hydrogen (secondary N) is 1. The Balaban J connectivity index is 1.39. The van der Waals surface area contributed by atoms with Crippen LogP contribution in [0.2, 0.25) is 0 Å². The molecule has 6 atom stereocenters. The first-order valence-corrected chi connectivity index (χ1v) is 8.59. The Labute approximate surface area is 112 Å². The van der Waals surface area contributed by atoms with Crippen molar-refractivity contribution in [2.75, 3.05) is 0 Å². The predicted octanol–water partition coefficient (Wildman–Crippen LogP) is 3.98. The summed E-state index contributed by atoms with van der Waals surface area (Å²) < 4.78 is 0. The Kier molecular flexibility index (Phi) is 2.94. The quantitative estimate of drug-likeness (QED) is 0.795. The molecule has 5 unspecified atom stereocenters. The van der Waals surface area contributed by atoms with Gasteiger partial charge in [0.15, 0.2) is 0 Å². The van der Waals surface area contributed by atoms with E-state index in [4.69, 9.17) is 0 Å². The fourth-order valence-electron chi connectivity index (χ4n) is 6.19. The third-order valence-electron chi connectivity index (χ3n) is 7.01. The van der Waals surface area contributed by atoms with Crippen LogP contribution in [0.5, 0.6) is 0 Å². The van der Waals surface area contributed by atoms with Crippen molar-refractivity contribution >= 4 is 0 Å². The highest BCUT2D eigenvalue weighted by Crippen LogP contribution is 2.58. The van der Waals surface area contributed by atoms with Crippen molar-refractivity contribution in [1.82, 2.24) is 5.32 Å². The van der Waals surface area contributed by atoms with Crippen LogP contribution in [0.4, 0.5) is 0 Å². The maximum Gasteiger partial charge on any atom is 0.0103 e. The van der Waals surface area contributed by atoms with E-state index in [9.17, 15) is 0 Å². The lowest BCUT2D eigenvalue weighted by Gasteiger charge is -2.35. The summed E-state index contributed by atoms with van der Waals surface area (Å²) in [5, 5.41) is 4.06. The molecular formula is C17H29N. The minimum Gasteiger partial charge on any atom is -0.311 e. The zero-order chi connectivity index (χ0) is 12.1. The molecule has 4 aliphatic rings. The Morgan fingerprint density at radius 2 is 1.61 bits per heavy atom. The molecule has 0 aliphatic heterocycles. The average Bonchev–Trinajstić information content (AvgIpc) is 3.11. The molecule has 4 aliphatic carbocycles. The summed E-state index contributed by atoms with van der Waals surface area (Å²) >= 11 is 0. The molecule has 2 bridgehead atoms. The molecule has 1 N–H and O–H groups in total. The van der Waals surface area contributed by atoms with Gasteiger partial charge in [-0.3, -0.25) is 0 Å². The molecule has 4 fully saturated rings. The van der Waals surface area contributed by atoms with Crippen LogP contribution in [-0.4, -0.2) is 12.1 Å². The molecule has 1 nitrogen and oxygen atoms in total. The van der Waals surface area contributed by atoms with Gasteiger partial charge in [0, 0.05) is 12.1 Å². The summed E-state index contributed by atoms with van der Waals surface area (Å²) in [6, 6.07) is 1.68. The highest BCUT2D eigenvalue weighted by Gasteiger charge is 2.53. The molecule has 4 saturated carbocycles. The normalized spacial score (nSPS) is 48.8. The van der Waals surface area contributed by atoms with E-state index in [0.717, 1.165) is 41.7 Å². The minimum absolute atomic E-state index is 0.789. The summed E-state index contributed by atoms with van der Waals surface area (Å²) in [4.78, 5) is 0. The zero-order valence-electron chi connectivity index (χ0n) is 11.9. The van der Waals surface area contributed by atoms with E-state index in [2.05, 4.69) is 12.2 Å². The van der Waals surface area contributed by atoms with Gasteiger partial charge in [-0.25, -0.2) is 0 Å². The first-order chi connectivity index (χ1) is 8.83.